The molecule has 0 bridgehead atoms. The summed E-state index contributed by atoms with van der Waals surface area (Å²) >= 11 is 13.6. The van der Waals surface area contributed by atoms with E-state index in [1.807, 2.05) is 24.3 Å². The summed E-state index contributed by atoms with van der Waals surface area (Å²) in [7, 11) is 0. The van der Waals surface area contributed by atoms with Gasteiger partial charge in [-0.1, -0.05) is 47.5 Å². The summed E-state index contributed by atoms with van der Waals surface area (Å²) < 4.78 is 1.26. The summed E-state index contributed by atoms with van der Waals surface area (Å²) in [5.74, 6) is 0. The lowest BCUT2D eigenvalue weighted by molar-refractivity contribution is 0.176. The molecule has 0 aliphatic heterocycles. The lowest BCUT2D eigenvalue weighted by Crippen LogP contribution is -2.13. The van der Waals surface area contributed by atoms with Gasteiger partial charge in [0, 0.05) is 11.1 Å². The number of hydrogen-bond acceptors (Lipinski definition) is 2. The summed E-state index contributed by atoms with van der Waals surface area (Å²) in [6.07, 6.45) is 0.783. The predicted molar refractivity (Wildman–Crippen MR) is 91.7 cm³/mol. The van der Waals surface area contributed by atoms with Gasteiger partial charge in [-0.05, 0) is 46.5 Å². The summed E-state index contributed by atoms with van der Waals surface area (Å²) in [6, 6.07) is 13.8. The average Bonchev–Trinajstić information content (AvgIpc) is 2.86. The normalized spacial score (nSPS) is 12.7. The van der Waals surface area contributed by atoms with E-state index in [0.29, 0.717) is 22.9 Å². The van der Waals surface area contributed by atoms with Crippen LogP contribution >= 0.6 is 34.5 Å². The van der Waals surface area contributed by atoms with Gasteiger partial charge in [0.1, 0.15) is 0 Å². The molecule has 3 rings (SSSR count). The van der Waals surface area contributed by atoms with Gasteiger partial charge in [0.15, 0.2) is 0 Å². The third-order valence-corrected chi connectivity index (χ3v) is 5.22. The van der Waals surface area contributed by atoms with Crippen molar-refractivity contribution in [2.45, 2.75) is 18.9 Å². The molecule has 0 fully saturated rings. The first-order chi connectivity index (χ1) is 10.1. The zero-order valence-corrected chi connectivity index (χ0v) is 13.6. The van der Waals surface area contributed by atoms with E-state index < -0.39 is 6.10 Å². The monoisotopic (exact) mass is 336 g/mol. The number of aliphatic hydroxyl groups excluding tert-OH is 1. The quantitative estimate of drug-likeness (QED) is 0.680. The fourth-order valence-electron chi connectivity index (χ4n) is 2.46. The third kappa shape index (κ3) is 3.41. The summed E-state index contributed by atoms with van der Waals surface area (Å²) in [5.41, 5.74) is 2.19. The molecule has 1 unspecified atom stereocenters. The maximum Gasteiger partial charge on any atom is 0.0621 e. The molecule has 0 radical (unpaired) electrons. The average molecular weight is 337 g/mol. The second kappa shape index (κ2) is 6.37. The van der Waals surface area contributed by atoms with Crippen molar-refractivity contribution in [2.75, 3.05) is 0 Å². The van der Waals surface area contributed by atoms with Gasteiger partial charge >= 0.3 is 0 Å². The van der Waals surface area contributed by atoms with Gasteiger partial charge < -0.3 is 5.11 Å². The molecule has 0 aliphatic rings. The van der Waals surface area contributed by atoms with Crippen LogP contribution in [-0.2, 0) is 12.8 Å². The molecule has 21 heavy (non-hydrogen) atoms. The molecular weight excluding hydrogens is 323 g/mol. The van der Waals surface area contributed by atoms with Crippen LogP contribution < -0.4 is 0 Å². The predicted octanol–water partition coefficient (Wildman–Crippen LogP) is 5.35. The molecule has 1 atom stereocenters. The summed E-state index contributed by atoms with van der Waals surface area (Å²) in [4.78, 5) is 0. The third-order valence-electron chi connectivity index (χ3n) is 3.47. The van der Waals surface area contributed by atoms with Gasteiger partial charge in [0.05, 0.1) is 16.1 Å². The molecule has 1 N–H and O–H groups in total. The van der Waals surface area contributed by atoms with E-state index in [0.717, 1.165) is 5.56 Å². The number of benzene rings is 2. The van der Waals surface area contributed by atoms with Crippen molar-refractivity contribution in [1.82, 2.24) is 0 Å². The molecular formula is C17H14Cl2OS. The van der Waals surface area contributed by atoms with Crippen LogP contribution in [0.15, 0.2) is 47.8 Å². The van der Waals surface area contributed by atoms with Crippen LogP contribution in [0.1, 0.15) is 11.1 Å². The molecule has 3 aromatic rings. The Hall–Kier alpha value is -1.06. The minimum Gasteiger partial charge on any atom is -0.392 e. The van der Waals surface area contributed by atoms with Crippen LogP contribution in [0.5, 0.6) is 0 Å². The first-order valence-corrected chi connectivity index (χ1v) is 8.34. The van der Waals surface area contributed by atoms with E-state index in [4.69, 9.17) is 23.2 Å². The maximum absolute atomic E-state index is 10.3. The fraction of sp³-hybridized carbons (Fsp3) is 0.176. The highest BCUT2D eigenvalue weighted by Crippen LogP contribution is 2.28. The van der Waals surface area contributed by atoms with Crippen molar-refractivity contribution >= 4 is 44.6 Å². The molecule has 0 aliphatic carbocycles. The number of halogens is 2. The number of hydrogen-bond donors (Lipinski definition) is 1. The van der Waals surface area contributed by atoms with Gasteiger partial charge in [-0.2, -0.15) is 0 Å². The molecule has 0 amide bonds. The first kappa shape index (κ1) is 14.9. The van der Waals surface area contributed by atoms with Crippen LogP contribution in [0.25, 0.3) is 10.1 Å². The van der Waals surface area contributed by atoms with Crippen molar-refractivity contribution < 1.29 is 5.11 Å². The molecule has 1 aromatic heterocycles. The molecule has 1 heterocycles. The zero-order valence-electron chi connectivity index (χ0n) is 11.2. The Labute approximate surface area is 137 Å². The Morgan fingerprint density at radius 1 is 1.00 bits per heavy atom. The van der Waals surface area contributed by atoms with E-state index in [-0.39, 0.29) is 0 Å². The molecule has 108 valence electrons. The number of thiophene rings is 1. The minimum absolute atomic E-state index is 0.430. The van der Waals surface area contributed by atoms with E-state index >= 15 is 0 Å². The van der Waals surface area contributed by atoms with Crippen LogP contribution in [-0.4, -0.2) is 11.2 Å². The van der Waals surface area contributed by atoms with E-state index in [9.17, 15) is 5.11 Å². The van der Waals surface area contributed by atoms with Gasteiger partial charge in [-0.15, -0.1) is 11.3 Å². The minimum atomic E-state index is -0.430. The van der Waals surface area contributed by atoms with E-state index in [1.165, 1.54) is 15.6 Å². The highest BCUT2D eigenvalue weighted by atomic mass is 35.5. The number of aliphatic hydroxyl groups is 1. The highest BCUT2D eigenvalue weighted by Gasteiger charge is 2.11. The van der Waals surface area contributed by atoms with Crippen molar-refractivity contribution in [3.8, 4) is 0 Å². The van der Waals surface area contributed by atoms with Crippen LogP contribution in [0.2, 0.25) is 10.0 Å². The Morgan fingerprint density at radius 2 is 1.81 bits per heavy atom. The Balaban J connectivity index is 1.74. The molecule has 4 heteroatoms. The van der Waals surface area contributed by atoms with Crippen LogP contribution in [0.3, 0.4) is 0 Å². The molecule has 0 saturated heterocycles. The molecule has 0 spiro atoms. The van der Waals surface area contributed by atoms with E-state index in [2.05, 4.69) is 17.5 Å². The van der Waals surface area contributed by atoms with Crippen molar-refractivity contribution in [1.29, 1.82) is 0 Å². The topological polar surface area (TPSA) is 20.2 Å². The standard InChI is InChI=1S/C17H14Cl2OS/c18-15-6-5-11(8-16(15)19)7-13(20)9-12-10-21-17-4-2-1-3-14(12)17/h1-6,8,10,13,20H,7,9H2. The number of fused-ring (bicyclic) bond motifs is 1. The van der Waals surface area contributed by atoms with Gasteiger partial charge in [-0.25, -0.2) is 0 Å². The van der Waals surface area contributed by atoms with Gasteiger partial charge in [0.25, 0.3) is 0 Å². The molecule has 1 nitrogen and oxygen atoms in total. The van der Waals surface area contributed by atoms with E-state index in [1.54, 1.807) is 17.4 Å². The van der Waals surface area contributed by atoms with Crippen molar-refractivity contribution in [3.05, 3.63) is 69.0 Å². The van der Waals surface area contributed by atoms with Crippen LogP contribution in [0, 0.1) is 0 Å². The van der Waals surface area contributed by atoms with Crippen molar-refractivity contribution in [2.24, 2.45) is 0 Å². The Kier molecular flexibility index (Phi) is 4.51. The maximum atomic E-state index is 10.3. The first-order valence-electron chi connectivity index (χ1n) is 6.70. The van der Waals surface area contributed by atoms with Crippen LogP contribution in [0.4, 0.5) is 0 Å². The van der Waals surface area contributed by atoms with Crippen molar-refractivity contribution in [3.63, 3.8) is 0 Å². The SMILES string of the molecule is OC(Cc1ccc(Cl)c(Cl)c1)Cc1csc2ccccc12. The highest BCUT2D eigenvalue weighted by molar-refractivity contribution is 7.17. The van der Waals surface area contributed by atoms with Gasteiger partial charge in [0.2, 0.25) is 0 Å². The lowest BCUT2D eigenvalue weighted by Gasteiger charge is -2.11. The fourth-order valence-corrected chi connectivity index (χ4v) is 3.75. The second-order valence-corrected chi connectivity index (χ2v) is 6.79. The number of rotatable bonds is 4. The molecule has 2 aromatic carbocycles. The zero-order chi connectivity index (χ0) is 14.8. The largest absolute Gasteiger partial charge is 0.392 e. The Bertz CT molecular complexity index is 766. The summed E-state index contributed by atoms with van der Waals surface area (Å²) in [6.45, 7) is 0. The molecule has 0 saturated carbocycles. The second-order valence-electron chi connectivity index (χ2n) is 5.07. The summed E-state index contributed by atoms with van der Waals surface area (Å²) in [5, 5.41) is 14.8. The smallest absolute Gasteiger partial charge is 0.0621 e. The Morgan fingerprint density at radius 3 is 2.62 bits per heavy atom. The van der Waals surface area contributed by atoms with Gasteiger partial charge in [-0.3, -0.25) is 0 Å². The lowest BCUT2D eigenvalue weighted by atomic mass is 10.0.